The van der Waals surface area contributed by atoms with Gasteiger partial charge in [0.2, 0.25) is 0 Å². The zero-order valence-corrected chi connectivity index (χ0v) is 11.9. The summed E-state index contributed by atoms with van der Waals surface area (Å²) in [5.41, 5.74) is 3.63. The highest BCUT2D eigenvalue weighted by atomic mass is 16.5. The SMILES string of the molecule is COC(C)Cc1nc2ccc(C(C)(C)C)cc2[nH]1. The van der Waals surface area contributed by atoms with E-state index in [4.69, 9.17) is 4.74 Å². The molecule has 1 atom stereocenters. The van der Waals surface area contributed by atoms with Crippen molar-refractivity contribution >= 4 is 11.0 Å². The van der Waals surface area contributed by atoms with E-state index in [2.05, 4.69) is 48.9 Å². The highest BCUT2D eigenvalue weighted by molar-refractivity contribution is 5.76. The zero-order chi connectivity index (χ0) is 13.3. The van der Waals surface area contributed by atoms with E-state index in [0.29, 0.717) is 0 Å². The molecule has 0 amide bonds. The molecule has 0 bridgehead atoms. The lowest BCUT2D eigenvalue weighted by Gasteiger charge is -2.18. The summed E-state index contributed by atoms with van der Waals surface area (Å²) in [6.45, 7) is 8.71. The number of hydrogen-bond donors (Lipinski definition) is 1. The van der Waals surface area contributed by atoms with Crippen molar-refractivity contribution in [3.63, 3.8) is 0 Å². The van der Waals surface area contributed by atoms with Gasteiger partial charge in [0.25, 0.3) is 0 Å². The van der Waals surface area contributed by atoms with Crippen LogP contribution < -0.4 is 0 Å². The number of nitrogens with zero attached hydrogens (tertiary/aromatic N) is 1. The molecule has 1 N–H and O–H groups in total. The van der Waals surface area contributed by atoms with E-state index in [0.717, 1.165) is 23.3 Å². The first-order valence-electron chi connectivity index (χ1n) is 6.42. The predicted molar refractivity (Wildman–Crippen MR) is 75.0 cm³/mol. The summed E-state index contributed by atoms with van der Waals surface area (Å²) < 4.78 is 5.27. The summed E-state index contributed by atoms with van der Waals surface area (Å²) in [5.74, 6) is 0.991. The quantitative estimate of drug-likeness (QED) is 0.901. The van der Waals surface area contributed by atoms with Crippen LogP contribution >= 0.6 is 0 Å². The van der Waals surface area contributed by atoms with Crippen LogP contribution in [0.15, 0.2) is 18.2 Å². The Kier molecular flexibility index (Phi) is 3.44. The standard InChI is InChI=1S/C15H22N2O/c1-10(18-5)8-14-16-12-7-6-11(15(2,3)4)9-13(12)17-14/h6-7,9-10H,8H2,1-5H3,(H,16,17). The molecule has 0 aliphatic heterocycles. The summed E-state index contributed by atoms with van der Waals surface area (Å²) >= 11 is 0. The Bertz CT molecular complexity index is 537. The summed E-state index contributed by atoms with van der Waals surface area (Å²) in [6.07, 6.45) is 1.00. The first-order chi connectivity index (χ1) is 8.40. The van der Waals surface area contributed by atoms with Crippen molar-refractivity contribution in [3.05, 3.63) is 29.6 Å². The third kappa shape index (κ3) is 2.72. The number of aromatic amines is 1. The molecule has 0 spiro atoms. The third-order valence-electron chi connectivity index (χ3n) is 3.28. The number of nitrogens with one attached hydrogen (secondary N) is 1. The number of H-pyrrole nitrogens is 1. The van der Waals surface area contributed by atoms with Crippen LogP contribution in [-0.4, -0.2) is 23.2 Å². The van der Waals surface area contributed by atoms with E-state index >= 15 is 0 Å². The molecule has 2 rings (SSSR count). The van der Waals surface area contributed by atoms with Gasteiger partial charge in [-0.25, -0.2) is 4.98 Å². The second-order valence-electron chi connectivity index (χ2n) is 5.92. The maximum Gasteiger partial charge on any atom is 0.109 e. The Morgan fingerprint density at radius 1 is 1.33 bits per heavy atom. The van der Waals surface area contributed by atoms with Crippen LogP contribution in [0.1, 0.15) is 39.1 Å². The smallest absolute Gasteiger partial charge is 0.109 e. The molecule has 1 unspecified atom stereocenters. The lowest BCUT2D eigenvalue weighted by molar-refractivity contribution is 0.117. The molecule has 0 fully saturated rings. The molecule has 2 aromatic rings. The van der Waals surface area contributed by atoms with Crippen molar-refractivity contribution in [2.75, 3.05) is 7.11 Å². The van der Waals surface area contributed by atoms with Gasteiger partial charge in [0.15, 0.2) is 0 Å². The Morgan fingerprint density at radius 2 is 2.06 bits per heavy atom. The number of imidazole rings is 1. The zero-order valence-electron chi connectivity index (χ0n) is 11.9. The Labute approximate surface area is 109 Å². The van der Waals surface area contributed by atoms with Crippen molar-refractivity contribution in [3.8, 4) is 0 Å². The lowest BCUT2D eigenvalue weighted by Crippen LogP contribution is -2.10. The van der Waals surface area contributed by atoms with Crippen LogP contribution in [0.5, 0.6) is 0 Å². The minimum atomic E-state index is 0.166. The second-order valence-corrected chi connectivity index (χ2v) is 5.92. The molecule has 0 aliphatic carbocycles. The van der Waals surface area contributed by atoms with Crippen LogP contribution in [0.2, 0.25) is 0 Å². The van der Waals surface area contributed by atoms with Gasteiger partial charge in [0, 0.05) is 13.5 Å². The largest absolute Gasteiger partial charge is 0.381 e. The maximum absolute atomic E-state index is 5.27. The minimum Gasteiger partial charge on any atom is -0.381 e. The van der Waals surface area contributed by atoms with Crippen LogP contribution in [0.4, 0.5) is 0 Å². The van der Waals surface area contributed by atoms with E-state index in [1.165, 1.54) is 5.56 Å². The van der Waals surface area contributed by atoms with Crippen molar-refractivity contribution in [2.45, 2.75) is 45.6 Å². The molecule has 0 saturated carbocycles. The summed E-state index contributed by atoms with van der Waals surface area (Å²) in [6, 6.07) is 6.45. The molecule has 18 heavy (non-hydrogen) atoms. The average Bonchev–Trinajstić information content (AvgIpc) is 2.68. The molecular formula is C15H22N2O. The number of hydrogen-bond acceptors (Lipinski definition) is 2. The van der Waals surface area contributed by atoms with E-state index in [-0.39, 0.29) is 11.5 Å². The fourth-order valence-corrected chi connectivity index (χ4v) is 1.98. The monoisotopic (exact) mass is 246 g/mol. The maximum atomic E-state index is 5.27. The number of rotatable bonds is 3. The van der Waals surface area contributed by atoms with Gasteiger partial charge in [-0.05, 0) is 30.0 Å². The van der Waals surface area contributed by atoms with Crippen molar-refractivity contribution in [1.82, 2.24) is 9.97 Å². The summed E-state index contributed by atoms with van der Waals surface area (Å²) in [7, 11) is 1.73. The van der Waals surface area contributed by atoms with Crippen LogP contribution in [-0.2, 0) is 16.6 Å². The van der Waals surface area contributed by atoms with Gasteiger partial charge in [0.05, 0.1) is 17.1 Å². The predicted octanol–water partition coefficient (Wildman–Crippen LogP) is 3.44. The van der Waals surface area contributed by atoms with E-state index < -0.39 is 0 Å². The number of methoxy groups -OCH3 is 1. The fraction of sp³-hybridized carbons (Fsp3) is 0.533. The second kappa shape index (κ2) is 4.73. The van der Waals surface area contributed by atoms with Gasteiger partial charge in [-0.2, -0.15) is 0 Å². The molecule has 0 saturated heterocycles. The van der Waals surface area contributed by atoms with Gasteiger partial charge in [-0.15, -0.1) is 0 Å². The molecule has 3 heteroatoms. The first kappa shape index (κ1) is 13.1. The number of fused-ring (bicyclic) bond motifs is 1. The van der Waals surface area contributed by atoms with Crippen molar-refractivity contribution in [1.29, 1.82) is 0 Å². The highest BCUT2D eigenvalue weighted by Gasteiger charge is 2.15. The third-order valence-corrected chi connectivity index (χ3v) is 3.28. The number of aromatic nitrogens is 2. The first-order valence-corrected chi connectivity index (χ1v) is 6.42. The molecule has 1 aromatic carbocycles. The normalized spacial score (nSPS) is 14.1. The topological polar surface area (TPSA) is 37.9 Å². The van der Waals surface area contributed by atoms with Gasteiger partial charge in [0.1, 0.15) is 5.82 Å². The van der Waals surface area contributed by atoms with Crippen LogP contribution in [0.3, 0.4) is 0 Å². The lowest BCUT2D eigenvalue weighted by atomic mass is 9.87. The highest BCUT2D eigenvalue weighted by Crippen LogP contribution is 2.25. The molecule has 0 radical (unpaired) electrons. The van der Waals surface area contributed by atoms with Gasteiger partial charge in [-0.3, -0.25) is 0 Å². The molecule has 1 heterocycles. The van der Waals surface area contributed by atoms with E-state index in [1.807, 2.05) is 6.92 Å². The number of benzene rings is 1. The summed E-state index contributed by atoms with van der Waals surface area (Å²) in [4.78, 5) is 7.97. The fourth-order valence-electron chi connectivity index (χ4n) is 1.98. The van der Waals surface area contributed by atoms with Crippen LogP contribution in [0, 0.1) is 0 Å². The summed E-state index contributed by atoms with van der Waals surface area (Å²) in [5, 5.41) is 0. The molecule has 3 nitrogen and oxygen atoms in total. The van der Waals surface area contributed by atoms with Crippen LogP contribution in [0.25, 0.3) is 11.0 Å². The average molecular weight is 246 g/mol. The Balaban J connectivity index is 2.34. The molecular weight excluding hydrogens is 224 g/mol. The molecule has 1 aromatic heterocycles. The van der Waals surface area contributed by atoms with E-state index in [1.54, 1.807) is 7.11 Å². The minimum absolute atomic E-state index is 0.166. The van der Waals surface area contributed by atoms with Crippen molar-refractivity contribution in [2.24, 2.45) is 0 Å². The molecule has 0 aliphatic rings. The Hall–Kier alpha value is -1.35. The van der Waals surface area contributed by atoms with Gasteiger partial charge < -0.3 is 9.72 Å². The van der Waals surface area contributed by atoms with Crippen molar-refractivity contribution < 1.29 is 4.74 Å². The molecule has 98 valence electrons. The van der Waals surface area contributed by atoms with Gasteiger partial charge in [-0.1, -0.05) is 26.8 Å². The van der Waals surface area contributed by atoms with E-state index in [9.17, 15) is 0 Å². The Morgan fingerprint density at radius 3 is 2.67 bits per heavy atom. The number of ether oxygens (including phenoxy) is 1. The van der Waals surface area contributed by atoms with Gasteiger partial charge >= 0.3 is 0 Å².